The molecule has 0 atom stereocenters. The monoisotopic (exact) mass is 546 g/mol. The van der Waals surface area contributed by atoms with Crippen molar-refractivity contribution in [3.05, 3.63) is 51.3 Å². The van der Waals surface area contributed by atoms with Crippen LogP contribution in [0.2, 0.25) is 0 Å². The Labute approximate surface area is 165 Å². The molecule has 110 valence electrons. The molecule has 2 aliphatic carbocycles. The molecule has 0 saturated carbocycles. The first-order valence-corrected chi connectivity index (χ1v) is 11.1. The summed E-state index contributed by atoms with van der Waals surface area (Å²) in [6.07, 6.45) is 2.25. The fraction of sp³-hybridized carbons (Fsp3) is 0.222. The van der Waals surface area contributed by atoms with Gasteiger partial charge in [0.25, 0.3) is 0 Å². The van der Waals surface area contributed by atoms with Gasteiger partial charge < -0.3 is 0 Å². The second kappa shape index (κ2) is 4.80. The van der Waals surface area contributed by atoms with Crippen LogP contribution in [0.3, 0.4) is 0 Å². The highest BCUT2D eigenvalue weighted by Crippen LogP contribution is 2.53. The summed E-state index contributed by atoms with van der Waals surface area (Å²) in [4.78, 5) is 3.07. The van der Waals surface area contributed by atoms with E-state index in [0.29, 0.717) is 0 Å². The van der Waals surface area contributed by atoms with E-state index < -0.39 is 0 Å². The van der Waals surface area contributed by atoms with Crippen LogP contribution in [0.4, 0.5) is 0 Å². The highest BCUT2D eigenvalue weighted by atomic mass is 127. The minimum Gasteiger partial charge on any atom is -0.129 e. The molecule has 0 aliphatic heterocycles. The molecule has 0 radical (unpaired) electrons. The van der Waals surface area contributed by atoms with Crippen molar-refractivity contribution < 1.29 is 0 Å². The van der Waals surface area contributed by atoms with Crippen molar-refractivity contribution in [3.8, 4) is 20.9 Å². The molecule has 0 bridgehead atoms. The van der Waals surface area contributed by atoms with Gasteiger partial charge in [-0.25, -0.2) is 0 Å². The zero-order chi connectivity index (χ0) is 15.2. The van der Waals surface area contributed by atoms with Gasteiger partial charge in [0.15, 0.2) is 0 Å². The van der Waals surface area contributed by atoms with E-state index in [1.54, 1.807) is 33.4 Å². The molecule has 4 heteroatoms. The molecule has 0 unspecified atom stereocenters. The number of halogens is 2. The summed E-state index contributed by atoms with van der Waals surface area (Å²) in [7, 11) is 0. The van der Waals surface area contributed by atoms with E-state index >= 15 is 0 Å². The molecule has 3 aromatic rings. The lowest BCUT2D eigenvalue weighted by Gasteiger charge is -2.16. The molecule has 22 heavy (non-hydrogen) atoms. The van der Waals surface area contributed by atoms with E-state index in [1.165, 1.54) is 26.6 Å². The van der Waals surface area contributed by atoms with Crippen molar-refractivity contribution in [2.24, 2.45) is 0 Å². The van der Waals surface area contributed by atoms with Crippen LogP contribution in [0.1, 0.15) is 33.4 Å². The number of hydrogen-bond acceptors (Lipinski definition) is 2. The Morgan fingerprint density at radius 2 is 1.18 bits per heavy atom. The standard InChI is InChI=1S/C18H12I2S2/c1-7-11-3-9-5-14(20)22-18(9)16(11)8(2)12-4-10-6-13(19)21-17(10)15(7)12/h5-6H,3-4H2,1-2H3. The van der Waals surface area contributed by atoms with E-state index in [2.05, 4.69) is 71.2 Å². The molecule has 2 aliphatic rings. The summed E-state index contributed by atoms with van der Waals surface area (Å²) in [5.74, 6) is 0. The van der Waals surface area contributed by atoms with Gasteiger partial charge in [0.2, 0.25) is 0 Å². The van der Waals surface area contributed by atoms with Gasteiger partial charge in [-0.3, -0.25) is 0 Å². The van der Waals surface area contributed by atoms with Crippen molar-refractivity contribution in [1.82, 2.24) is 0 Å². The normalized spacial score (nSPS) is 14.0. The zero-order valence-electron chi connectivity index (χ0n) is 12.1. The molecule has 0 nitrogen and oxygen atoms in total. The minimum atomic E-state index is 1.13. The van der Waals surface area contributed by atoms with Crippen molar-refractivity contribution in [3.63, 3.8) is 0 Å². The van der Waals surface area contributed by atoms with Gasteiger partial charge in [-0.2, -0.15) is 0 Å². The zero-order valence-corrected chi connectivity index (χ0v) is 18.1. The Balaban J connectivity index is 1.85. The van der Waals surface area contributed by atoms with Crippen LogP contribution in [-0.4, -0.2) is 0 Å². The Bertz CT molecular complexity index is 896. The fourth-order valence-corrected chi connectivity index (χ4v) is 8.19. The second-order valence-corrected chi connectivity index (χ2v) is 12.0. The van der Waals surface area contributed by atoms with Crippen LogP contribution < -0.4 is 0 Å². The van der Waals surface area contributed by atoms with E-state index in [4.69, 9.17) is 0 Å². The summed E-state index contributed by atoms with van der Waals surface area (Å²) in [6, 6.07) is 4.76. The molecule has 2 aromatic heterocycles. The van der Waals surface area contributed by atoms with Gasteiger partial charge in [0.05, 0.1) is 5.77 Å². The average Bonchev–Trinajstić information content (AvgIpc) is 3.13. The predicted molar refractivity (Wildman–Crippen MR) is 114 cm³/mol. The first kappa shape index (κ1) is 14.4. The molecule has 0 spiro atoms. The van der Waals surface area contributed by atoms with Crippen LogP contribution in [0.25, 0.3) is 20.9 Å². The van der Waals surface area contributed by atoms with E-state index in [1.807, 2.05) is 22.7 Å². The third kappa shape index (κ3) is 1.78. The van der Waals surface area contributed by atoms with Crippen LogP contribution in [0.15, 0.2) is 12.1 Å². The number of thiophene rings is 2. The maximum atomic E-state index is 2.46. The average molecular weight is 546 g/mol. The van der Waals surface area contributed by atoms with E-state index in [9.17, 15) is 0 Å². The van der Waals surface area contributed by atoms with Gasteiger partial charge in [0.1, 0.15) is 0 Å². The van der Waals surface area contributed by atoms with Crippen LogP contribution in [-0.2, 0) is 12.8 Å². The van der Waals surface area contributed by atoms with Gasteiger partial charge in [-0.1, -0.05) is 0 Å². The lowest BCUT2D eigenvalue weighted by atomic mass is 9.90. The Morgan fingerprint density at radius 1 is 0.773 bits per heavy atom. The van der Waals surface area contributed by atoms with Crippen molar-refractivity contribution in [2.45, 2.75) is 26.7 Å². The number of benzene rings is 1. The highest BCUT2D eigenvalue weighted by Gasteiger charge is 2.32. The lowest BCUT2D eigenvalue weighted by molar-refractivity contribution is 1.17. The first-order valence-electron chi connectivity index (χ1n) is 7.26. The molecular weight excluding hydrogens is 534 g/mol. The third-order valence-electron chi connectivity index (χ3n) is 5.01. The summed E-state index contributed by atoms with van der Waals surface area (Å²) >= 11 is 8.85. The second-order valence-electron chi connectivity index (χ2n) is 6.12. The SMILES string of the molecule is Cc1c2c(c(C)c3c1-c1sc(I)cc1C3)-c1sc(I)cc1C2. The Kier molecular flexibility index (Phi) is 3.15. The molecule has 5 rings (SSSR count). The van der Waals surface area contributed by atoms with Crippen LogP contribution in [0, 0.1) is 19.6 Å². The number of rotatable bonds is 0. The van der Waals surface area contributed by atoms with Crippen molar-refractivity contribution in [1.29, 1.82) is 0 Å². The van der Waals surface area contributed by atoms with Crippen LogP contribution in [0.5, 0.6) is 0 Å². The number of fused-ring (bicyclic) bond motifs is 6. The van der Waals surface area contributed by atoms with Gasteiger partial charge in [0, 0.05) is 9.75 Å². The molecule has 2 heterocycles. The summed E-state index contributed by atoms with van der Waals surface area (Å²) in [5.41, 5.74) is 12.4. The van der Waals surface area contributed by atoms with Gasteiger partial charge in [-0.05, 0) is 129 Å². The largest absolute Gasteiger partial charge is 0.129 e. The van der Waals surface area contributed by atoms with Crippen molar-refractivity contribution in [2.75, 3.05) is 0 Å². The Hall–Kier alpha value is 0.0800. The smallest absolute Gasteiger partial charge is 0.0663 e. The fourth-order valence-electron chi connectivity index (χ4n) is 4.04. The molecular formula is C18H12I2S2. The molecule has 0 N–H and O–H groups in total. The van der Waals surface area contributed by atoms with E-state index in [0.717, 1.165) is 12.8 Å². The lowest BCUT2D eigenvalue weighted by Crippen LogP contribution is -1.97. The first-order chi connectivity index (χ1) is 10.5. The number of hydrogen-bond donors (Lipinski definition) is 0. The third-order valence-corrected chi connectivity index (χ3v) is 8.92. The van der Waals surface area contributed by atoms with Crippen molar-refractivity contribution >= 4 is 67.9 Å². The topological polar surface area (TPSA) is 0 Å². The molecule has 0 saturated heterocycles. The maximum Gasteiger partial charge on any atom is 0.0663 e. The molecule has 0 amide bonds. The maximum absolute atomic E-state index is 2.46. The molecule has 1 aromatic carbocycles. The Morgan fingerprint density at radius 3 is 1.59 bits per heavy atom. The van der Waals surface area contributed by atoms with Crippen LogP contribution >= 0.6 is 67.9 Å². The van der Waals surface area contributed by atoms with Gasteiger partial charge >= 0.3 is 0 Å². The predicted octanol–water partition coefficient (Wildman–Crippen LogP) is 6.78. The quantitative estimate of drug-likeness (QED) is 0.188. The summed E-state index contributed by atoms with van der Waals surface area (Å²) < 4.78 is 2.83. The van der Waals surface area contributed by atoms with E-state index in [-0.39, 0.29) is 0 Å². The van der Waals surface area contributed by atoms with Gasteiger partial charge in [-0.15, -0.1) is 22.7 Å². The summed E-state index contributed by atoms with van der Waals surface area (Å²) in [5, 5.41) is 0. The minimum absolute atomic E-state index is 1.13. The molecule has 0 fully saturated rings. The highest BCUT2D eigenvalue weighted by molar-refractivity contribution is 14.1. The summed E-state index contributed by atoms with van der Waals surface area (Å²) in [6.45, 7) is 4.70.